The van der Waals surface area contributed by atoms with Gasteiger partial charge in [0.1, 0.15) is 0 Å². The van der Waals surface area contributed by atoms with Crippen LogP contribution in [0, 0.1) is 0 Å². The van der Waals surface area contributed by atoms with Gasteiger partial charge in [-0.3, -0.25) is 19.3 Å². The highest BCUT2D eigenvalue weighted by Gasteiger charge is 2.34. The van der Waals surface area contributed by atoms with Crippen molar-refractivity contribution in [3.05, 3.63) is 74.6 Å². The second-order valence-electron chi connectivity index (χ2n) is 5.97. The molecule has 3 rings (SSSR count). The van der Waals surface area contributed by atoms with E-state index < -0.39 is 0 Å². The summed E-state index contributed by atoms with van der Waals surface area (Å²) in [7, 11) is 0. The third-order valence-corrected chi connectivity index (χ3v) is 5.64. The van der Waals surface area contributed by atoms with Gasteiger partial charge in [0.15, 0.2) is 0 Å². The molecule has 0 radical (unpaired) electrons. The van der Waals surface area contributed by atoms with Crippen molar-refractivity contribution in [2.75, 3.05) is 13.1 Å². The van der Waals surface area contributed by atoms with Crippen molar-refractivity contribution < 1.29 is 14.4 Å². The third kappa shape index (κ3) is 4.95. The first-order chi connectivity index (χ1) is 13.5. The van der Waals surface area contributed by atoms with Crippen molar-refractivity contribution >= 4 is 58.1 Å². The van der Waals surface area contributed by atoms with Crippen LogP contribution in [0.2, 0.25) is 10.0 Å². The van der Waals surface area contributed by atoms with Gasteiger partial charge in [-0.1, -0.05) is 59.6 Å². The van der Waals surface area contributed by atoms with Gasteiger partial charge in [0, 0.05) is 23.1 Å². The molecule has 1 aliphatic heterocycles. The average molecular weight is 435 g/mol. The van der Waals surface area contributed by atoms with Crippen LogP contribution >= 0.6 is 35.0 Å². The van der Waals surface area contributed by atoms with Gasteiger partial charge in [-0.15, -0.1) is 0 Å². The topological polar surface area (TPSA) is 66.5 Å². The molecule has 1 fully saturated rings. The lowest BCUT2D eigenvalue weighted by Crippen LogP contribution is -2.37. The lowest BCUT2D eigenvalue weighted by atomic mass is 10.1. The number of halogens is 2. The standard InChI is InChI=1S/C20H16Cl2N2O3S/c21-15-7-4-8-16(22)14(15)12-18(25)23-9-10-24-19(26)17(28-20(24)27)11-13-5-2-1-3-6-13/h1-8,11H,9-10,12H2,(H,23,25). The molecule has 1 aliphatic rings. The molecule has 1 N–H and O–H groups in total. The number of hydrogen-bond acceptors (Lipinski definition) is 4. The number of thioether (sulfide) groups is 1. The molecule has 1 heterocycles. The summed E-state index contributed by atoms with van der Waals surface area (Å²) in [6.45, 7) is 0.246. The van der Waals surface area contributed by atoms with Gasteiger partial charge < -0.3 is 5.32 Å². The lowest BCUT2D eigenvalue weighted by molar-refractivity contribution is -0.124. The number of carbonyl (C=O) groups is 3. The predicted molar refractivity (Wildman–Crippen MR) is 112 cm³/mol. The third-order valence-electron chi connectivity index (χ3n) is 4.03. The summed E-state index contributed by atoms with van der Waals surface area (Å²) in [5.74, 6) is -0.649. The fraction of sp³-hybridized carbons (Fsp3) is 0.150. The Kier molecular flexibility index (Phi) is 6.78. The summed E-state index contributed by atoms with van der Waals surface area (Å²) in [5.41, 5.74) is 1.39. The SMILES string of the molecule is O=C(Cc1c(Cl)cccc1Cl)NCCN1C(=O)SC(=Cc2ccccc2)C1=O. The normalized spacial score (nSPS) is 15.4. The Labute approximate surface area is 176 Å². The van der Waals surface area contributed by atoms with Crippen molar-refractivity contribution in [1.82, 2.24) is 10.2 Å². The first-order valence-corrected chi connectivity index (χ1v) is 10.0. The number of benzene rings is 2. The van der Waals surface area contributed by atoms with Crippen LogP contribution in [0.3, 0.4) is 0 Å². The van der Waals surface area contributed by atoms with E-state index in [1.807, 2.05) is 30.3 Å². The molecule has 3 amide bonds. The van der Waals surface area contributed by atoms with E-state index in [1.54, 1.807) is 24.3 Å². The lowest BCUT2D eigenvalue weighted by Gasteiger charge is -2.13. The summed E-state index contributed by atoms with van der Waals surface area (Å²) < 4.78 is 0. The molecule has 28 heavy (non-hydrogen) atoms. The van der Waals surface area contributed by atoms with Crippen molar-refractivity contribution in [3.8, 4) is 0 Å². The molecule has 0 spiro atoms. The molecule has 1 saturated heterocycles. The summed E-state index contributed by atoms with van der Waals surface area (Å²) in [5, 5.41) is 3.17. The molecule has 0 unspecified atom stereocenters. The number of nitrogens with one attached hydrogen (secondary N) is 1. The highest BCUT2D eigenvalue weighted by atomic mass is 35.5. The number of rotatable bonds is 6. The second-order valence-corrected chi connectivity index (χ2v) is 7.78. The molecule has 2 aromatic carbocycles. The summed E-state index contributed by atoms with van der Waals surface area (Å²) in [4.78, 5) is 38.2. The highest BCUT2D eigenvalue weighted by Crippen LogP contribution is 2.31. The highest BCUT2D eigenvalue weighted by molar-refractivity contribution is 8.18. The number of amides is 3. The van der Waals surface area contributed by atoms with Crippen LogP contribution in [0.1, 0.15) is 11.1 Å². The van der Waals surface area contributed by atoms with E-state index in [1.165, 1.54) is 0 Å². The maximum absolute atomic E-state index is 12.4. The maximum atomic E-state index is 12.4. The first kappa shape index (κ1) is 20.5. The van der Waals surface area contributed by atoms with Crippen LogP contribution in [0.4, 0.5) is 4.79 Å². The van der Waals surface area contributed by atoms with Gasteiger partial charge in [0.25, 0.3) is 11.1 Å². The van der Waals surface area contributed by atoms with E-state index in [9.17, 15) is 14.4 Å². The zero-order valence-electron chi connectivity index (χ0n) is 14.7. The Morgan fingerprint density at radius 1 is 1.04 bits per heavy atom. The molecule has 0 aliphatic carbocycles. The van der Waals surface area contributed by atoms with E-state index in [2.05, 4.69) is 5.32 Å². The van der Waals surface area contributed by atoms with E-state index in [4.69, 9.17) is 23.2 Å². The Morgan fingerprint density at radius 2 is 1.71 bits per heavy atom. The molecule has 0 bridgehead atoms. The zero-order chi connectivity index (χ0) is 20.1. The average Bonchev–Trinajstić information content (AvgIpc) is 2.93. The van der Waals surface area contributed by atoms with Gasteiger partial charge in [-0.25, -0.2) is 0 Å². The van der Waals surface area contributed by atoms with E-state index in [0.29, 0.717) is 20.5 Å². The minimum Gasteiger partial charge on any atom is -0.354 e. The predicted octanol–water partition coefficient (Wildman–Crippen LogP) is 4.39. The fourth-order valence-corrected chi connectivity index (χ4v) is 4.02. The molecule has 0 saturated carbocycles. The monoisotopic (exact) mass is 434 g/mol. The molecule has 5 nitrogen and oxygen atoms in total. The Bertz CT molecular complexity index is 927. The van der Waals surface area contributed by atoms with E-state index >= 15 is 0 Å². The first-order valence-electron chi connectivity index (χ1n) is 8.45. The summed E-state index contributed by atoms with van der Waals surface area (Å²) in [6.07, 6.45) is 1.71. The van der Waals surface area contributed by atoms with Gasteiger partial charge >= 0.3 is 0 Å². The van der Waals surface area contributed by atoms with Crippen molar-refractivity contribution in [2.45, 2.75) is 6.42 Å². The number of imide groups is 1. The van der Waals surface area contributed by atoms with Crippen LogP contribution in [0.25, 0.3) is 6.08 Å². The summed E-state index contributed by atoms with van der Waals surface area (Å²) in [6, 6.07) is 14.3. The van der Waals surface area contributed by atoms with Crippen LogP contribution in [0.5, 0.6) is 0 Å². The molecular formula is C20H16Cl2N2O3S. The van der Waals surface area contributed by atoms with Gasteiger partial charge in [-0.05, 0) is 41.1 Å². The molecule has 8 heteroatoms. The smallest absolute Gasteiger partial charge is 0.293 e. The number of hydrogen-bond donors (Lipinski definition) is 1. The van der Waals surface area contributed by atoms with Gasteiger partial charge in [-0.2, -0.15) is 0 Å². The maximum Gasteiger partial charge on any atom is 0.293 e. The number of carbonyl (C=O) groups excluding carboxylic acids is 3. The van der Waals surface area contributed by atoms with Crippen LogP contribution < -0.4 is 5.32 Å². The zero-order valence-corrected chi connectivity index (χ0v) is 17.0. The quantitative estimate of drug-likeness (QED) is 0.684. The summed E-state index contributed by atoms with van der Waals surface area (Å²) >= 11 is 13.0. The van der Waals surface area contributed by atoms with Crippen LogP contribution in [0.15, 0.2) is 53.4 Å². The molecule has 144 valence electrons. The minimum atomic E-state index is -0.359. The number of nitrogens with zero attached hydrogens (tertiary/aromatic N) is 1. The van der Waals surface area contributed by atoms with Crippen LogP contribution in [-0.4, -0.2) is 35.0 Å². The fourth-order valence-electron chi connectivity index (χ4n) is 2.62. The Morgan fingerprint density at radius 3 is 2.39 bits per heavy atom. The molecule has 0 aromatic heterocycles. The van der Waals surface area contributed by atoms with Gasteiger partial charge in [0.05, 0.1) is 11.3 Å². The van der Waals surface area contributed by atoms with E-state index in [-0.39, 0.29) is 36.6 Å². The van der Waals surface area contributed by atoms with Crippen molar-refractivity contribution in [2.24, 2.45) is 0 Å². The minimum absolute atomic E-state index is 0.0221. The van der Waals surface area contributed by atoms with E-state index in [0.717, 1.165) is 22.2 Å². The molecular weight excluding hydrogens is 419 g/mol. The second kappa shape index (κ2) is 9.28. The molecule has 0 atom stereocenters. The molecule has 2 aromatic rings. The Balaban J connectivity index is 1.55. The van der Waals surface area contributed by atoms with Gasteiger partial charge in [0.2, 0.25) is 5.91 Å². The largest absolute Gasteiger partial charge is 0.354 e. The van der Waals surface area contributed by atoms with Crippen LogP contribution in [-0.2, 0) is 16.0 Å². The van der Waals surface area contributed by atoms with Crippen molar-refractivity contribution in [3.63, 3.8) is 0 Å². The van der Waals surface area contributed by atoms with Crippen molar-refractivity contribution in [1.29, 1.82) is 0 Å². The Hall–Kier alpha value is -2.28.